The number of unbranched alkanes of at least 4 members (excludes halogenated alkanes) is 1. The molecule has 6 nitrogen and oxygen atoms in total. The Morgan fingerprint density at radius 3 is 2.58 bits per heavy atom. The third-order valence-corrected chi connectivity index (χ3v) is 6.51. The van der Waals surface area contributed by atoms with Gasteiger partial charge in [0, 0.05) is 29.2 Å². The molecular weight excluding hydrogens is 502 g/mol. The minimum atomic E-state index is -0.990. The summed E-state index contributed by atoms with van der Waals surface area (Å²) in [6.45, 7) is 2.54. The number of carboxylic acid groups (broad SMARTS) is 1. The Kier molecular flexibility index (Phi) is 9.14. The maximum Gasteiger partial charge on any atom is 0.336 e. The number of amides is 1. The molecule has 0 aliphatic rings. The van der Waals surface area contributed by atoms with Crippen molar-refractivity contribution in [3.63, 3.8) is 0 Å². The molecule has 2 N–H and O–H groups in total. The number of halogens is 1. The highest BCUT2D eigenvalue weighted by Gasteiger charge is 2.20. The summed E-state index contributed by atoms with van der Waals surface area (Å²) in [5, 5.41) is 12.4. The average molecular weight is 530 g/mol. The largest absolute Gasteiger partial charge is 0.478 e. The van der Waals surface area contributed by atoms with Crippen molar-refractivity contribution in [2.45, 2.75) is 45.2 Å². The van der Waals surface area contributed by atoms with Crippen molar-refractivity contribution in [3.05, 3.63) is 87.4 Å². The smallest absolute Gasteiger partial charge is 0.336 e. The lowest BCUT2D eigenvalue weighted by atomic mass is 10.1. The van der Waals surface area contributed by atoms with Crippen LogP contribution in [0.25, 0.3) is 0 Å². The van der Waals surface area contributed by atoms with Gasteiger partial charge in [0.2, 0.25) is 0 Å². The third-order valence-electron chi connectivity index (χ3n) is 5.41. The zero-order valence-electron chi connectivity index (χ0n) is 18.5. The van der Waals surface area contributed by atoms with Crippen molar-refractivity contribution in [1.29, 1.82) is 0 Å². The lowest BCUT2D eigenvalue weighted by molar-refractivity contribution is 0.0695. The number of carbonyl (C=O) groups is 2. The van der Waals surface area contributed by atoms with E-state index in [9.17, 15) is 14.7 Å². The molecule has 0 radical (unpaired) electrons. The molecule has 33 heavy (non-hydrogen) atoms. The van der Waals surface area contributed by atoms with E-state index in [-0.39, 0.29) is 17.5 Å². The van der Waals surface area contributed by atoms with Gasteiger partial charge in [-0.1, -0.05) is 49.7 Å². The first kappa shape index (κ1) is 25.1. The summed E-state index contributed by atoms with van der Waals surface area (Å²) >= 11 is 7.78. The van der Waals surface area contributed by atoms with Crippen LogP contribution >= 0.6 is 28.6 Å². The van der Waals surface area contributed by atoms with Crippen LogP contribution in [0.15, 0.2) is 59.2 Å². The van der Waals surface area contributed by atoms with Gasteiger partial charge < -0.3 is 15.0 Å². The minimum Gasteiger partial charge on any atom is -0.478 e. The van der Waals surface area contributed by atoms with Crippen LogP contribution < -0.4 is 5.32 Å². The van der Waals surface area contributed by atoms with E-state index in [4.69, 9.17) is 0 Å². The first-order valence-corrected chi connectivity index (χ1v) is 12.4. The quantitative estimate of drug-likeness (QED) is 0.305. The molecule has 174 valence electrons. The topological polar surface area (TPSA) is 84.2 Å². The molecule has 1 heterocycles. The van der Waals surface area contributed by atoms with Gasteiger partial charge in [0.05, 0.1) is 11.8 Å². The summed E-state index contributed by atoms with van der Waals surface area (Å²) in [5.74, 6) is 0.171. The van der Waals surface area contributed by atoms with E-state index in [1.807, 2.05) is 34.9 Å². The van der Waals surface area contributed by atoms with E-state index < -0.39 is 5.97 Å². The predicted octanol–water partition coefficient (Wildman–Crippen LogP) is 5.01. The lowest BCUT2D eigenvalue weighted by Crippen LogP contribution is -2.39. The Bertz CT molecular complexity index is 1100. The Labute approximate surface area is 208 Å². The number of rotatable bonds is 11. The van der Waals surface area contributed by atoms with E-state index in [1.165, 1.54) is 0 Å². The number of aromatic carboxylic acids is 1. The van der Waals surface area contributed by atoms with Crippen LogP contribution in [0.3, 0.4) is 0 Å². The predicted molar refractivity (Wildman–Crippen MR) is 136 cm³/mol. The minimum absolute atomic E-state index is 0.116. The van der Waals surface area contributed by atoms with E-state index >= 15 is 0 Å². The number of thiol groups is 1. The number of carbonyl (C=O) groups excluding carboxylic acids is 1. The first-order chi connectivity index (χ1) is 15.9. The van der Waals surface area contributed by atoms with Crippen LogP contribution in [-0.4, -0.2) is 38.3 Å². The van der Waals surface area contributed by atoms with Crippen molar-refractivity contribution >= 4 is 40.4 Å². The SMILES string of the molecule is CCCCc1ncc(C(=O)NC(CS)Cc2ccccc2)n1Cc1ccc(C(=O)O)c(Br)c1. The van der Waals surface area contributed by atoms with Crippen molar-refractivity contribution in [3.8, 4) is 0 Å². The second-order valence-corrected chi connectivity index (χ2v) is 9.13. The third kappa shape index (κ3) is 6.71. The van der Waals surface area contributed by atoms with Crippen LogP contribution in [0.5, 0.6) is 0 Å². The zero-order chi connectivity index (χ0) is 23.8. The van der Waals surface area contributed by atoms with Crippen LogP contribution in [0.2, 0.25) is 0 Å². The van der Waals surface area contributed by atoms with E-state index in [0.29, 0.717) is 28.9 Å². The number of carboxylic acids is 1. The zero-order valence-corrected chi connectivity index (χ0v) is 21.0. The van der Waals surface area contributed by atoms with Gasteiger partial charge in [-0.15, -0.1) is 0 Å². The van der Waals surface area contributed by atoms with Crippen molar-refractivity contribution in [1.82, 2.24) is 14.9 Å². The standard InChI is InChI=1S/C25H28BrN3O3S/c1-2-3-9-23-27-14-22(24(30)28-19(16-33)12-17-7-5-4-6-8-17)29(23)15-18-10-11-20(25(31)32)21(26)13-18/h4-8,10-11,13-14,19,33H,2-3,9,12,15-16H2,1H3,(H,28,30)(H,31,32). The Balaban J connectivity index is 1.84. The fourth-order valence-electron chi connectivity index (χ4n) is 3.64. The van der Waals surface area contributed by atoms with Crippen molar-refractivity contribution < 1.29 is 14.7 Å². The molecule has 0 fully saturated rings. The molecule has 3 rings (SSSR count). The molecule has 1 unspecified atom stereocenters. The number of aryl methyl sites for hydroxylation is 1. The Morgan fingerprint density at radius 1 is 1.18 bits per heavy atom. The number of benzene rings is 2. The van der Waals surface area contributed by atoms with E-state index in [0.717, 1.165) is 36.2 Å². The molecule has 0 saturated carbocycles. The van der Waals surface area contributed by atoms with Gasteiger partial charge in [0.1, 0.15) is 11.5 Å². The summed E-state index contributed by atoms with van der Waals surface area (Å²) in [5.41, 5.74) is 2.70. The Morgan fingerprint density at radius 2 is 1.94 bits per heavy atom. The van der Waals surface area contributed by atoms with Crippen LogP contribution in [0.4, 0.5) is 0 Å². The summed E-state index contributed by atoms with van der Waals surface area (Å²) in [6.07, 6.45) is 5.06. The molecule has 0 aliphatic heterocycles. The van der Waals surface area contributed by atoms with Gasteiger partial charge >= 0.3 is 5.97 Å². The number of hydrogen-bond donors (Lipinski definition) is 3. The highest BCUT2D eigenvalue weighted by atomic mass is 79.9. The maximum atomic E-state index is 13.2. The molecule has 1 aromatic heterocycles. The van der Waals surface area contributed by atoms with Gasteiger partial charge in [-0.25, -0.2) is 9.78 Å². The fourth-order valence-corrected chi connectivity index (χ4v) is 4.45. The number of aromatic nitrogens is 2. The lowest BCUT2D eigenvalue weighted by Gasteiger charge is -2.18. The number of hydrogen-bond acceptors (Lipinski definition) is 4. The molecule has 8 heteroatoms. The molecule has 1 amide bonds. The second-order valence-electron chi connectivity index (χ2n) is 7.91. The molecule has 1 atom stereocenters. The molecule has 0 saturated heterocycles. The van der Waals surface area contributed by atoms with Gasteiger partial charge in [-0.05, 0) is 52.0 Å². The van der Waals surface area contributed by atoms with Gasteiger partial charge in [0.15, 0.2) is 0 Å². The molecule has 0 spiro atoms. The molecule has 3 aromatic rings. The summed E-state index contributed by atoms with van der Waals surface area (Å²) in [7, 11) is 0. The monoisotopic (exact) mass is 529 g/mol. The van der Waals surface area contributed by atoms with Crippen molar-refractivity contribution in [2.75, 3.05) is 5.75 Å². The molecule has 0 aliphatic carbocycles. The highest BCUT2D eigenvalue weighted by molar-refractivity contribution is 9.10. The van der Waals surface area contributed by atoms with Gasteiger partial charge in [0.25, 0.3) is 5.91 Å². The van der Waals surface area contributed by atoms with Crippen LogP contribution in [-0.2, 0) is 19.4 Å². The van der Waals surface area contributed by atoms with E-state index in [2.05, 4.69) is 45.8 Å². The number of imidazole rings is 1. The maximum absolute atomic E-state index is 13.2. The molecule has 0 bridgehead atoms. The summed E-state index contributed by atoms with van der Waals surface area (Å²) < 4.78 is 2.43. The second kappa shape index (κ2) is 12.0. The van der Waals surface area contributed by atoms with Crippen LogP contribution in [0.1, 0.15) is 57.6 Å². The average Bonchev–Trinajstić information content (AvgIpc) is 3.20. The van der Waals surface area contributed by atoms with Gasteiger partial charge in [-0.3, -0.25) is 4.79 Å². The highest BCUT2D eigenvalue weighted by Crippen LogP contribution is 2.21. The fraction of sp³-hybridized carbons (Fsp3) is 0.320. The molecular formula is C25H28BrN3O3S. The number of nitrogens with one attached hydrogen (secondary N) is 1. The first-order valence-electron chi connectivity index (χ1n) is 10.9. The number of nitrogens with zero attached hydrogens (tertiary/aromatic N) is 2. The normalized spacial score (nSPS) is 11.8. The summed E-state index contributed by atoms with van der Waals surface area (Å²) in [4.78, 5) is 29.1. The van der Waals surface area contributed by atoms with Crippen LogP contribution in [0, 0.1) is 0 Å². The van der Waals surface area contributed by atoms with Crippen molar-refractivity contribution in [2.24, 2.45) is 0 Å². The summed E-state index contributed by atoms with van der Waals surface area (Å²) in [6, 6.07) is 15.0. The Hall–Kier alpha value is -2.58. The molecule has 2 aromatic carbocycles. The van der Waals surface area contributed by atoms with Gasteiger partial charge in [-0.2, -0.15) is 12.6 Å². The van der Waals surface area contributed by atoms with E-state index in [1.54, 1.807) is 24.4 Å².